The highest BCUT2D eigenvalue weighted by atomic mass is 19.1. The number of halogens is 1. The third-order valence-electron chi connectivity index (χ3n) is 3.54. The van der Waals surface area contributed by atoms with Gasteiger partial charge in [-0.1, -0.05) is 24.3 Å². The molecule has 0 saturated heterocycles. The lowest BCUT2D eigenvalue weighted by Gasteiger charge is -2.17. The van der Waals surface area contributed by atoms with E-state index in [1.807, 2.05) is 30.5 Å². The van der Waals surface area contributed by atoms with Crippen molar-refractivity contribution in [2.75, 3.05) is 5.32 Å². The van der Waals surface area contributed by atoms with Crippen molar-refractivity contribution in [2.24, 2.45) is 0 Å². The second-order valence-corrected chi connectivity index (χ2v) is 5.28. The van der Waals surface area contributed by atoms with E-state index in [9.17, 15) is 4.39 Å². The number of pyridine rings is 1. The molecule has 0 bridgehead atoms. The Hall–Kier alpha value is -2.42. The molecule has 0 spiro atoms. The number of benzene rings is 2. The van der Waals surface area contributed by atoms with Gasteiger partial charge in [0.15, 0.2) is 0 Å². The lowest BCUT2D eigenvalue weighted by atomic mass is 10.1. The van der Waals surface area contributed by atoms with Crippen molar-refractivity contribution in [2.45, 2.75) is 19.4 Å². The summed E-state index contributed by atoms with van der Waals surface area (Å²) >= 11 is 0. The van der Waals surface area contributed by atoms with E-state index in [0.29, 0.717) is 0 Å². The van der Waals surface area contributed by atoms with Gasteiger partial charge in [-0.3, -0.25) is 4.98 Å². The van der Waals surface area contributed by atoms with E-state index in [1.165, 1.54) is 17.5 Å². The second-order valence-electron chi connectivity index (χ2n) is 5.28. The Morgan fingerprint density at radius 2 is 1.90 bits per heavy atom. The first-order valence-electron chi connectivity index (χ1n) is 7.06. The molecule has 1 atom stereocenters. The summed E-state index contributed by atoms with van der Waals surface area (Å²) in [5.74, 6) is -0.195. The average molecular weight is 280 g/mol. The first-order chi connectivity index (χ1) is 10.2. The molecule has 3 aromatic rings. The van der Waals surface area contributed by atoms with E-state index in [4.69, 9.17) is 0 Å². The molecule has 0 radical (unpaired) electrons. The Morgan fingerprint density at radius 1 is 1.10 bits per heavy atom. The predicted octanol–water partition coefficient (Wildman–Crippen LogP) is 4.42. The first kappa shape index (κ1) is 13.6. The molecule has 1 aromatic heterocycles. The highest BCUT2D eigenvalue weighted by molar-refractivity contribution is 5.93. The second kappa shape index (κ2) is 5.92. The van der Waals surface area contributed by atoms with Gasteiger partial charge in [0.05, 0.1) is 0 Å². The van der Waals surface area contributed by atoms with E-state index >= 15 is 0 Å². The molecule has 0 saturated carbocycles. The Bertz CT molecular complexity index is 732. The van der Waals surface area contributed by atoms with E-state index in [1.54, 1.807) is 6.20 Å². The molecular formula is C18H17FN2. The maximum Gasteiger partial charge on any atom is 0.123 e. The molecule has 1 unspecified atom stereocenters. The summed E-state index contributed by atoms with van der Waals surface area (Å²) in [6.07, 6.45) is 4.52. The van der Waals surface area contributed by atoms with Gasteiger partial charge in [0.25, 0.3) is 0 Å². The Labute approximate surface area is 123 Å². The lowest BCUT2D eigenvalue weighted by molar-refractivity contribution is 0.626. The summed E-state index contributed by atoms with van der Waals surface area (Å²) in [4.78, 5) is 4.19. The third-order valence-corrected chi connectivity index (χ3v) is 3.54. The van der Waals surface area contributed by atoms with Crippen LogP contribution in [0.3, 0.4) is 0 Å². The standard InChI is InChI=1S/C18H17FN2/c1-13(11-14-5-7-16(19)8-6-14)21-18-4-2-3-15-9-10-20-12-17(15)18/h2-10,12-13,21H,11H2,1H3. The van der Waals surface area contributed by atoms with Gasteiger partial charge in [-0.25, -0.2) is 4.39 Å². The number of hydrogen-bond acceptors (Lipinski definition) is 2. The fraction of sp³-hybridized carbons (Fsp3) is 0.167. The zero-order valence-corrected chi connectivity index (χ0v) is 11.9. The molecule has 1 heterocycles. The van der Waals surface area contributed by atoms with Gasteiger partial charge in [-0.2, -0.15) is 0 Å². The molecule has 3 heteroatoms. The van der Waals surface area contributed by atoms with Crippen molar-refractivity contribution in [3.63, 3.8) is 0 Å². The predicted molar refractivity (Wildman–Crippen MR) is 84.9 cm³/mol. The first-order valence-corrected chi connectivity index (χ1v) is 7.06. The number of anilines is 1. The van der Waals surface area contributed by atoms with Crippen molar-refractivity contribution >= 4 is 16.5 Å². The van der Waals surface area contributed by atoms with Gasteiger partial charge in [-0.15, -0.1) is 0 Å². The Balaban J connectivity index is 1.77. The molecular weight excluding hydrogens is 263 g/mol. The molecule has 3 rings (SSSR count). The quantitative estimate of drug-likeness (QED) is 0.765. The van der Waals surface area contributed by atoms with Crippen LogP contribution in [0, 0.1) is 5.82 Å². The molecule has 106 valence electrons. The molecule has 1 N–H and O–H groups in total. The molecule has 0 aliphatic carbocycles. The summed E-state index contributed by atoms with van der Waals surface area (Å²) in [5.41, 5.74) is 2.20. The zero-order chi connectivity index (χ0) is 14.7. The average Bonchev–Trinajstić information content (AvgIpc) is 2.50. The van der Waals surface area contributed by atoms with E-state index in [0.717, 1.165) is 23.1 Å². The minimum absolute atomic E-state index is 0.195. The molecule has 21 heavy (non-hydrogen) atoms. The topological polar surface area (TPSA) is 24.9 Å². The zero-order valence-electron chi connectivity index (χ0n) is 11.9. The van der Waals surface area contributed by atoms with Crippen molar-refractivity contribution in [3.8, 4) is 0 Å². The number of rotatable bonds is 4. The molecule has 0 fully saturated rings. The number of nitrogens with zero attached hydrogens (tertiary/aromatic N) is 1. The van der Waals surface area contributed by atoms with E-state index in [2.05, 4.69) is 29.4 Å². The van der Waals surface area contributed by atoms with Crippen LogP contribution in [0.1, 0.15) is 12.5 Å². The fourth-order valence-electron chi connectivity index (χ4n) is 2.53. The molecule has 0 amide bonds. The highest BCUT2D eigenvalue weighted by Crippen LogP contribution is 2.23. The molecule has 2 aromatic carbocycles. The monoisotopic (exact) mass is 280 g/mol. The summed E-state index contributed by atoms with van der Waals surface area (Å²) < 4.78 is 12.9. The Morgan fingerprint density at radius 3 is 2.71 bits per heavy atom. The van der Waals surface area contributed by atoms with Crippen molar-refractivity contribution in [1.82, 2.24) is 4.98 Å². The summed E-state index contributed by atoms with van der Waals surface area (Å²) in [7, 11) is 0. The van der Waals surface area contributed by atoms with Gasteiger partial charge in [0.1, 0.15) is 5.82 Å². The van der Waals surface area contributed by atoms with E-state index in [-0.39, 0.29) is 11.9 Å². The van der Waals surface area contributed by atoms with Crippen LogP contribution < -0.4 is 5.32 Å². The number of fused-ring (bicyclic) bond motifs is 1. The van der Waals surface area contributed by atoms with Gasteiger partial charge in [-0.05, 0) is 48.6 Å². The Kier molecular flexibility index (Phi) is 3.82. The third kappa shape index (κ3) is 3.19. The van der Waals surface area contributed by atoms with Gasteiger partial charge in [0.2, 0.25) is 0 Å². The minimum Gasteiger partial charge on any atom is -0.382 e. The summed E-state index contributed by atoms with van der Waals surface area (Å²) in [5, 5.41) is 5.80. The van der Waals surface area contributed by atoms with Crippen LogP contribution in [0.15, 0.2) is 60.9 Å². The normalized spacial score (nSPS) is 12.3. The molecule has 0 aliphatic rings. The van der Waals surface area contributed by atoms with Crippen LogP contribution in [0.25, 0.3) is 10.8 Å². The summed E-state index contributed by atoms with van der Waals surface area (Å²) in [6, 6.07) is 15.1. The van der Waals surface area contributed by atoms with E-state index < -0.39 is 0 Å². The minimum atomic E-state index is -0.195. The maximum absolute atomic E-state index is 12.9. The molecule has 2 nitrogen and oxygen atoms in total. The SMILES string of the molecule is CC(Cc1ccc(F)cc1)Nc1cccc2ccncc12. The smallest absolute Gasteiger partial charge is 0.123 e. The van der Waals surface area contributed by atoms with Gasteiger partial charge < -0.3 is 5.32 Å². The fourth-order valence-corrected chi connectivity index (χ4v) is 2.53. The largest absolute Gasteiger partial charge is 0.382 e. The van der Waals surface area contributed by atoms with Gasteiger partial charge in [0, 0.05) is 29.5 Å². The lowest BCUT2D eigenvalue weighted by Crippen LogP contribution is -2.18. The van der Waals surface area contributed by atoms with Crippen molar-refractivity contribution in [3.05, 3.63) is 72.3 Å². The maximum atomic E-state index is 12.9. The number of aromatic nitrogens is 1. The van der Waals surface area contributed by atoms with Crippen LogP contribution in [0.4, 0.5) is 10.1 Å². The van der Waals surface area contributed by atoms with Crippen LogP contribution in [-0.4, -0.2) is 11.0 Å². The van der Waals surface area contributed by atoms with Crippen molar-refractivity contribution < 1.29 is 4.39 Å². The number of hydrogen-bond donors (Lipinski definition) is 1. The van der Waals surface area contributed by atoms with Crippen molar-refractivity contribution in [1.29, 1.82) is 0 Å². The van der Waals surface area contributed by atoms with Gasteiger partial charge >= 0.3 is 0 Å². The van der Waals surface area contributed by atoms with Crippen LogP contribution in [-0.2, 0) is 6.42 Å². The summed E-state index contributed by atoms with van der Waals surface area (Å²) in [6.45, 7) is 2.12. The number of nitrogens with one attached hydrogen (secondary N) is 1. The molecule has 0 aliphatic heterocycles. The van der Waals surface area contributed by atoms with Crippen LogP contribution in [0.2, 0.25) is 0 Å². The van der Waals surface area contributed by atoms with Crippen LogP contribution >= 0.6 is 0 Å². The highest BCUT2D eigenvalue weighted by Gasteiger charge is 2.06. The van der Waals surface area contributed by atoms with Crippen LogP contribution in [0.5, 0.6) is 0 Å².